The summed E-state index contributed by atoms with van der Waals surface area (Å²) in [4.78, 5) is 43.7. The number of aromatic nitrogens is 1. The SMILES string of the molecule is CCN(CCCC#Cc1cc(C(=O)NCc2c(C)cc(C)[nH]c2=O)c(C)c(N(CC)C2CCOCC2)c1)C(=O)O. The summed E-state index contributed by atoms with van der Waals surface area (Å²) < 4.78 is 5.58. The Hall–Kier alpha value is -3.77. The molecule has 0 spiro atoms. The molecule has 1 aliphatic heterocycles. The molecule has 1 aromatic carbocycles. The second-order valence-electron chi connectivity index (χ2n) is 10.2. The second-order valence-corrected chi connectivity index (χ2v) is 10.2. The minimum absolute atomic E-state index is 0.125. The summed E-state index contributed by atoms with van der Waals surface area (Å²) in [5, 5.41) is 12.2. The van der Waals surface area contributed by atoms with Crippen LogP contribution in [0.25, 0.3) is 0 Å². The Balaban J connectivity index is 1.89. The molecule has 2 amide bonds. The fourth-order valence-electron chi connectivity index (χ4n) is 5.20. The Morgan fingerprint density at radius 3 is 2.48 bits per heavy atom. The molecular formula is C31H42N4O5. The minimum atomic E-state index is -0.926. The number of nitrogens with zero attached hydrogens (tertiary/aromatic N) is 2. The van der Waals surface area contributed by atoms with Gasteiger partial charge in [0.25, 0.3) is 11.5 Å². The topological polar surface area (TPSA) is 115 Å². The molecule has 3 rings (SSSR count). The van der Waals surface area contributed by atoms with E-state index in [2.05, 4.69) is 34.0 Å². The van der Waals surface area contributed by atoms with Crippen molar-refractivity contribution in [3.63, 3.8) is 0 Å². The zero-order valence-electron chi connectivity index (χ0n) is 24.4. The molecule has 9 heteroatoms. The fraction of sp³-hybridized carbons (Fsp3) is 0.516. The van der Waals surface area contributed by atoms with Crippen LogP contribution in [0, 0.1) is 32.6 Å². The highest BCUT2D eigenvalue weighted by Crippen LogP contribution is 2.30. The number of aromatic amines is 1. The summed E-state index contributed by atoms with van der Waals surface area (Å²) in [6, 6.07) is 6.05. The van der Waals surface area contributed by atoms with Crippen molar-refractivity contribution in [3.05, 3.63) is 62.1 Å². The van der Waals surface area contributed by atoms with Crippen molar-refractivity contribution >= 4 is 17.7 Å². The third kappa shape index (κ3) is 7.89. The Morgan fingerprint density at radius 1 is 1.12 bits per heavy atom. The standard InChI is InChI=1S/C31H42N4O5/c1-6-34(31(38)39)14-10-8-9-11-24-18-26(29(36)32-20-27-21(3)17-22(4)33-30(27)37)23(5)28(19-24)35(7-2)25-12-15-40-16-13-25/h17-19,25H,6-8,10,12-16,20H2,1-5H3,(H,32,36)(H,33,37)(H,38,39). The lowest BCUT2D eigenvalue weighted by atomic mass is 9.98. The van der Waals surface area contributed by atoms with Gasteiger partial charge in [0.2, 0.25) is 0 Å². The molecule has 216 valence electrons. The number of H-pyrrole nitrogens is 1. The summed E-state index contributed by atoms with van der Waals surface area (Å²) >= 11 is 0. The van der Waals surface area contributed by atoms with Gasteiger partial charge in [-0.3, -0.25) is 9.59 Å². The number of ether oxygens (including phenoxy) is 1. The van der Waals surface area contributed by atoms with Crippen molar-refractivity contribution < 1.29 is 19.4 Å². The van der Waals surface area contributed by atoms with E-state index in [1.54, 1.807) is 6.07 Å². The van der Waals surface area contributed by atoms with Crippen molar-refractivity contribution in [1.82, 2.24) is 15.2 Å². The number of hydrogen-bond acceptors (Lipinski definition) is 5. The molecule has 0 unspecified atom stereocenters. The van der Waals surface area contributed by atoms with Crippen molar-refractivity contribution in [3.8, 4) is 11.8 Å². The van der Waals surface area contributed by atoms with Gasteiger partial charge in [0.15, 0.2) is 0 Å². The maximum absolute atomic E-state index is 13.5. The third-order valence-electron chi connectivity index (χ3n) is 7.44. The van der Waals surface area contributed by atoms with Crippen molar-refractivity contribution in [1.29, 1.82) is 0 Å². The van der Waals surface area contributed by atoms with Crippen LogP contribution in [0.5, 0.6) is 0 Å². The molecule has 3 N–H and O–H groups in total. The first-order valence-electron chi connectivity index (χ1n) is 14.1. The summed E-state index contributed by atoms with van der Waals surface area (Å²) in [6.07, 6.45) is 2.08. The van der Waals surface area contributed by atoms with E-state index in [4.69, 9.17) is 4.74 Å². The van der Waals surface area contributed by atoms with Crippen LogP contribution in [0.15, 0.2) is 23.0 Å². The number of hydrogen-bond donors (Lipinski definition) is 3. The number of anilines is 1. The second kappa shape index (κ2) is 14.6. The first-order chi connectivity index (χ1) is 19.2. The van der Waals surface area contributed by atoms with Gasteiger partial charge in [0.1, 0.15) is 0 Å². The van der Waals surface area contributed by atoms with Crippen LogP contribution in [-0.4, -0.2) is 65.9 Å². The van der Waals surface area contributed by atoms with E-state index < -0.39 is 6.09 Å². The van der Waals surface area contributed by atoms with Crippen LogP contribution >= 0.6 is 0 Å². The van der Waals surface area contributed by atoms with Gasteiger partial charge in [0.05, 0.1) is 0 Å². The summed E-state index contributed by atoms with van der Waals surface area (Å²) in [7, 11) is 0. The molecule has 0 aliphatic carbocycles. The van der Waals surface area contributed by atoms with Crippen LogP contribution in [-0.2, 0) is 11.3 Å². The highest BCUT2D eigenvalue weighted by molar-refractivity contribution is 5.97. The van der Waals surface area contributed by atoms with E-state index in [1.807, 2.05) is 39.8 Å². The lowest BCUT2D eigenvalue weighted by Gasteiger charge is -2.36. The number of carbonyl (C=O) groups excluding carboxylic acids is 1. The van der Waals surface area contributed by atoms with E-state index in [1.165, 1.54) is 4.90 Å². The predicted molar refractivity (Wildman–Crippen MR) is 157 cm³/mol. The van der Waals surface area contributed by atoms with Crippen LogP contribution in [0.1, 0.15) is 77.8 Å². The molecular weight excluding hydrogens is 508 g/mol. The van der Waals surface area contributed by atoms with Gasteiger partial charge in [-0.05, 0) is 83.2 Å². The maximum Gasteiger partial charge on any atom is 0.407 e. The number of pyridine rings is 1. The molecule has 2 aromatic rings. The molecule has 2 heterocycles. The van der Waals surface area contributed by atoms with Gasteiger partial charge in [0, 0.05) is 79.9 Å². The van der Waals surface area contributed by atoms with Crippen LogP contribution in [0.4, 0.5) is 10.5 Å². The van der Waals surface area contributed by atoms with Crippen molar-refractivity contribution in [2.45, 2.75) is 72.9 Å². The quantitative estimate of drug-likeness (QED) is 0.299. The number of nitrogens with one attached hydrogen (secondary N) is 2. The molecule has 1 aliphatic rings. The maximum atomic E-state index is 13.5. The van der Waals surface area contributed by atoms with E-state index in [9.17, 15) is 19.5 Å². The Labute approximate surface area is 236 Å². The minimum Gasteiger partial charge on any atom is -0.465 e. The number of benzene rings is 1. The molecule has 0 radical (unpaired) electrons. The number of carbonyl (C=O) groups is 2. The van der Waals surface area contributed by atoms with E-state index in [0.29, 0.717) is 56.3 Å². The Kier molecular flexibility index (Phi) is 11.2. The van der Waals surface area contributed by atoms with Crippen molar-refractivity contribution in [2.75, 3.05) is 37.7 Å². The monoisotopic (exact) mass is 550 g/mol. The van der Waals surface area contributed by atoms with Crippen molar-refractivity contribution in [2.24, 2.45) is 0 Å². The summed E-state index contributed by atoms with van der Waals surface area (Å²) in [5.74, 6) is 6.11. The average molecular weight is 551 g/mol. The first-order valence-corrected chi connectivity index (χ1v) is 14.1. The molecule has 1 aromatic heterocycles. The Morgan fingerprint density at radius 2 is 1.85 bits per heavy atom. The summed E-state index contributed by atoms with van der Waals surface area (Å²) in [6.45, 7) is 12.8. The normalized spacial score (nSPS) is 13.3. The fourth-order valence-corrected chi connectivity index (χ4v) is 5.20. The molecule has 0 bridgehead atoms. The van der Waals surface area contributed by atoms with Gasteiger partial charge in [-0.2, -0.15) is 0 Å². The highest BCUT2D eigenvalue weighted by Gasteiger charge is 2.24. The molecule has 9 nitrogen and oxygen atoms in total. The molecule has 0 atom stereocenters. The zero-order valence-corrected chi connectivity index (χ0v) is 24.4. The largest absolute Gasteiger partial charge is 0.465 e. The molecule has 0 saturated carbocycles. The van der Waals surface area contributed by atoms with Crippen LogP contribution < -0.4 is 15.8 Å². The first kappa shape index (κ1) is 30.8. The number of carboxylic acid groups (broad SMARTS) is 1. The number of unbranched alkanes of at least 4 members (excludes halogenated alkanes) is 1. The number of aryl methyl sites for hydroxylation is 2. The smallest absolute Gasteiger partial charge is 0.407 e. The molecule has 1 fully saturated rings. The van der Waals surface area contributed by atoms with Gasteiger partial charge < -0.3 is 29.9 Å². The lowest BCUT2D eigenvalue weighted by molar-refractivity contribution is 0.0845. The van der Waals surface area contributed by atoms with Crippen LogP contribution in [0.2, 0.25) is 0 Å². The van der Waals surface area contributed by atoms with E-state index >= 15 is 0 Å². The van der Waals surface area contributed by atoms with Crippen LogP contribution in [0.3, 0.4) is 0 Å². The van der Waals surface area contributed by atoms with Gasteiger partial charge >= 0.3 is 6.09 Å². The number of rotatable bonds is 10. The zero-order chi connectivity index (χ0) is 29.2. The van der Waals surface area contributed by atoms with E-state index in [-0.39, 0.29) is 18.0 Å². The predicted octanol–water partition coefficient (Wildman–Crippen LogP) is 4.37. The van der Waals surface area contributed by atoms with E-state index in [0.717, 1.165) is 47.5 Å². The van der Waals surface area contributed by atoms with Gasteiger partial charge in [-0.25, -0.2) is 4.79 Å². The third-order valence-corrected chi connectivity index (χ3v) is 7.44. The van der Waals surface area contributed by atoms with Gasteiger partial charge in [-0.1, -0.05) is 11.8 Å². The molecule has 40 heavy (non-hydrogen) atoms. The Bertz CT molecular complexity index is 1320. The highest BCUT2D eigenvalue weighted by atomic mass is 16.5. The average Bonchev–Trinajstić information content (AvgIpc) is 2.92. The number of amides is 2. The molecule has 1 saturated heterocycles. The lowest BCUT2D eigenvalue weighted by Crippen LogP contribution is -2.40. The van der Waals surface area contributed by atoms with Gasteiger partial charge in [-0.15, -0.1) is 0 Å². The summed E-state index contributed by atoms with van der Waals surface area (Å²) in [5.41, 5.74) is 5.04.